The Hall–Kier alpha value is -2.04. The third-order valence-corrected chi connectivity index (χ3v) is 3.02. The first-order valence-electron chi connectivity index (χ1n) is 5.56. The lowest BCUT2D eigenvalue weighted by Crippen LogP contribution is -2.38. The van der Waals surface area contributed by atoms with Gasteiger partial charge in [0.1, 0.15) is 6.61 Å². The first-order chi connectivity index (χ1) is 8.25. The second-order valence-electron chi connectivity index (χ2n) is 4.27. The Morgan fingerprint density at radius 3 is 2.82 bits per heavy atom. The Labute approximate surface area is 98.4 Å². The maximum absolute atomic E-state index is 11.7. The van der Waals surface area contributed by atoms with Crippen molar-refractivity contribution < 1.29 is 14.3 Å². The van der Waals surface area contributed by atoms with Crippen molar-refractivity contribution in [3.8, 4) is 0 Å². The van der Waals surface area contributed by atoms with Crippen LogP contribution in [-0.4, -0.2) is 29.1 Å². The van der Waals surface area contributed by atoms with Crippen molar-refractivity contribution >= 4 is 12.1 Å². The van der Waals surface area contributed by atoms with Gasteiger partial charge in [-0.3, -0.25) is 0 Å². The third kappa shape index (κ3) is 1.84. The van der Waals surface area contributed by atoms with Crippen LogP contribution < -0.4 is 5.32 Å². The lowest BCUT2D eigenvalue weighted by Gasteiger charge is -2.15. The summed E-state index contributed by atoms with van der Waals surface area (Å²) in [6, 6.07) is 9.20. The van der Waals surface area contributed by atoms with Crippen molar-refractivity contribution in [1.82, 2.24) is 10.2 Å². The molecule has 0 bridgehead atoms. The Bertz CT molecular complexity index is 460. The van der Waals surface area contributed by atoms with Gasteiger partial charge in [-0.05, 0) is 12.0 Å². The van der Waals surface area contributed by atoms with Gasteiger partial charge in [-0.15, -0.1) is 0 Å². The van der Waals surface area contributed by atoms with E-state index in [1.54, 1.807) is 0 Å². The smallest absolute Gasteiger partial charge is 0.418 e. The highest BCUT2D eigenvalue weighted by Gasteiger charge is 2.54. The van der Waals surface area contributed by atoms with Crippen molar-refractivity contribution in [3.63, 3.8) is 0 Å². The number of imide groups is 1. The van der Waals surface area contributed by atoms with Crippen LogP contribution >= 0.6 is 0 Å². The van der Waals surface area contributed by atoms with Crippen LogP contribution in [0.15, 0.2) is 30.3 Å². The minimum atomic E-state index is -0.559. The molecule has 0 spiro atoms. The molecule has 1 aromatic carbocycles. The zero-order valence-corrected chi connectivity index (χ0v) is 9.13. The topological polar surface area (TPSA) is 58.6 Å². The van der Waals surface area contributed by atoms with E-state index in [9.17, 15) is 9.59 Å². The third-order valence-electron chi connectivity index (χ3n) is 3.02. The highest BCUT2D eigenvalue weighted by atomic mass is 16.6. The van der Waals surface area contributed by atoms with Gasteiger partial charge in [-0.1, -0.05) is 30.3 Å². The summed E-state index contributed by atoms with van der Waals surface area (Å²) in [6.07, 6.45) is 0.281. The molecule has 1 saturated heterocycles. The minimum absolute atomic E-state index is 0.00535. The van der Waals surface area contributed by atoms with Crippen LogP contribution in [0.4, 0.5) is 9.59 Å². The molecule has 2 fully saturated rings. The summed E-state index contributed by atoms with van der Waals surface area (Å²) in [5, 5.41) is 2.71. The molecule has 1 aliphatic heterocycles. The number of carbonyl (C=O) groups excluding carboxylic acids is 2. The molecule has 1 aromatic rings. The van der Waals surface area contributed by atoms with Crippen LogP contribution in [0.5, 0.6) is 0 Å². The van der Waals surface area contributed by atoms with Crippen molar-refractivity contribution in [3.05, 3.63) is 35.9 Å². The summed E-state index contributed by atoms with van der Waals surface area (Å²) < 4.78 is 5.11. The number of ether oxygens (including phenoxy) is 1. The molecule has 1 saturated carbocycles. The average molecular weight is 232 g/mol. The lowest BCUT2D eigenvalue weighted by molar-refractivity contribution is 0.106. The number of hydrogen-bond donors (Lipinski definition) is 1. The zero-order chi connectivity index (χ0) is 11.8. The van der Waals surface area contributed by atoms with E-state index in [1.165, 1.54) is 4.90 Å². The standard InChI is InChI=1S/C12H12N2O3/c15-11-13-9-6-10(9)14(11)12(16)17-7-8-4-2-1-3-5-8/h1-5,9-10H,6-7H2,(H,13,15)/t9-,10-/m0/s1. The van der Waals surface area contributed by atoms with Crippen LogP contribution in [0.1, 0.15) is 12.0 Å². The van der Waals surface area contributed by atoms with Gasteiger partial charge in [0.2, 0.25) is 0 Å². The summed E-state index contributed by atoms with van der Waals surface area (Å²) in [5.41, 5.74) is 0.910. The highest BCUT2D eigenvalue weighted by Crippen LogP contribution is 2.34. The maximum Gasteiger partial charge on any atom is 0.418 e. The van der Waals surface area contributed by atoms with E-state index in [-0.39, 0.29) is 24.7 Å². The van der Waals surface area contributed by atoms with Crippen molar-refractivity contribution in [2.75, 3.05) is 0 Å². The van der Waals surface area contributed by atoms with Gasteiger partial charge in [0.15, 0.2) is 0 Å². The van der Waals surface area contributed by atoms with Gasteiger partial charge < -0.3 is 10.1 Å². The van der Waals surface area contributed by atoms with Crippen molar-refractivity contribution in [2.24, 2.45) is 0 Å². The van der Waals surface area contributed by atoms with Crippen LogP contribution in [-0.2, 0) is 11.3 Å². The molecule has 1 heterocycles. The minimum Gasteiger partial charge on any atom is -0.444 e. The Kier molecular flexibility index (Phi) is 2.24. The number of nitrogens with one attached hydrogen (secondary N) is 1. The zero-order valence-electron chi connectivity index (χ0n) is 9.13. The molecular weight excluding hydrogens is 220 g/mol. The van der Waals surface area contributed by atoms with Gasteiger partial charge in [0.05, 0.1) is 12.1 Å². The summed E-state index contributed by atoms with van der Waals surface area (Å²) >= 11 is 0. The predicted octanol–water partition coefficient (Wildman–Crippen LogP) is 1.49. The number of benzene rings is 1. The monoisotopic (exact) mass is 232 g/mol. The number of amides is 3. The SMILES string of the molecule is O=C1N[C@H]2C[C@@H]2N1C(=O)OCc1ccccc1. The van der Waals surface area contributed by atoms with E-state index in [1.807, 2.05) is 30.3 Å². The van der Waals surface area contributed by atoms with Crippen LogP contribution in [0, 0.1) is 0 Å². The van der Waals surface area contributed by atoms with Gasteiger partial charge in [-0.25, -0.2) is 14.5 Å². The molecule has 5 heteroatoms. The largest absolute Gasteiger partial charge is 0.444 e. The van der Waals surface area contributed by atoms with E-state index in [0.29, 0.717) is 0 Å². The molecule has 0 unspecified atom stereocenters. The summed E-state index contributed by atoms with van der Waals surface area (Å²) in [4.78, 5) is 24.3. The summed E-state index contributed by atoms with van der Waals surface area (Å²) in [5.74, 6) is 0. The maximum atomic E-state index is 11.7. The first kappa shape index (κ1) is 10.1. The second-order valence-corrected chi connectivity index (χ2v) is 4.27. The molecule has 17 heavy (non-hydrogen) atoms. The Morgan fingerprint density at radius 2 is 2.18 bits per heavy atom. The lowest BCUT2D eigenvalue weighted by atomic mass is 10.2. The van der Waals surface area contributed by atoms with E-state index in [0.717, 1.165) is 12.0 Å². The first-order valence-corrected chi connectivity index (χ1v) is 5.56. The van der Waals surface area contributed by atoms with E-state index in [2.05, 4.69) is 5.32 Å². The van der Waals surface area contributed by atoms with Crippen molar-refractivity contribution in [2.45, 2.75) is 25.1 Å². The average Bonchev–Trinajstić information content (AvgIpc) is 3.00. The molecule has 0 aromatic heterocycles. The molecule has 5 nitrogen and oxygen atoms in total. The molecule has 2 aliphatic rings. The molecule has 88 valence electrons. The second kappa shape index (κ2) is 3.76. The predicted molar refractivity (Wildman–Crippen MR) is 59.2 cm³/mol. The fourth-order valence-corrected chi connectivity index (χ4v) is 2.01. The summed E-state index contributed by atoms with van der Waals surface area (Å²) in [6.45, 7) is 0.195. The molecular formula is C12H12N2O3. The van der Waals surface area contributed by atoms with Gasteiger partial charge >= 0.3 is 12.1 Å². The van der Waals surface area contributed by atoms with Crippen LogP contribution in [0.2, 0.25) is 0 Å². The molecule has 3 rings (SSSR count). The Balaban J connectivity index is 1.59. The van der Waals surface area contributed by atoms with Gasteiger partial charge in [-0.2, -0.15) is 0 Å². The van der Waals surface area contributed by atoms with Gasteiger partial charge in [0.25, 0.3) is 0 Å². The number of hydrogen-bond acceptors (Lipinski definition) is 3. The van der Waals surface area contributed by atoms with E-state index < -0.39 is 6.09 Å². The van der Waals surface area contributed by atoms with Crippen LogP contribution in [0.25, 0.3) is 0 Å². The molecule has 1 N–H and O–H groups in total. The normalized spacial score (nSPS) is 25.2. The van der Waals surface area contributed by atoms with E-state index >= 15 is 0 Å². The molecule has 0 radical (unpaired) electrons. The number of fused-ring (bicyclic) bond motifs is 1. The fraction of sp³-hybridized carbons (Fsp3) is 0.333. The number of carbonyl (C=O) groups is 2. The molecule has 1 aliphatic carbocycles. The van der Waals surface area contributed by atoms with Crippen LogP contribution in [0.3, 0.4) is 0 Å². The molecule has 2 atom stereocenters. The highest BCUT2D eigenvalue weighted by molar-refractivity contribution is 5.94. The molecule has 3 amide bonds. The summed E-state index contributed by atoms with van der Waals surface area (Å²) in [7, 11) is 0. The van der Waals surface area contributed by atoms with E-state index in [4.69, 9.17) is 4.74 Å². The Morgan fingerprint density at radius 1 is 1.41 bits per heavy atom. The fourth-order valence-electron chi connectivity index (χ4n) is 2.01. The quantitative estimate of drug-likeness (QED) is 0.840. The van der Waals surface area contributed by atoms with Crippen molar-refractivity contribution in [1.29, 1.82) is 0 Å². The number of nitrogens with zero attached hydrogens (tertiary/aromatic N) is 1. The number of rotatable bonds is 2. The number of urea groups is 1. The van der Waals surface area contributed by atoms with Gasteiger partial charge in [0, 0.05) is 0 Å².